The Morgan fingerprint density at radius 3 is 2.82 bits per heavy atom. The normalized spacial score (nSPS) is 21.0. The van der Waals surface area contributed by atoms with Crippen LogP contribution in [0.5, 0.6) is 0 Å². The standard InChI is InChI=1S/C22H29N5O/c1-26-20(14-21(25-26)18-8-5-11-23-15-18)16-27-12-9-19(10-13-27)24-22(28)17-6-3-2-4-7-17/h2-3,5,8,11,14-15,17,19H,4,6-7,9-10,12-13,16H2,1H3,(H,24,28)/t17-/m1/s1. The summed E-state index contributed by atoms with van der Waals surface area (Å²) in [7, 11) is 2.00. The van der Waals surface area contributed by atoms with E-state index in [2.05, 4.69) is 38.5 Å². The fourth-order valence-electron chi connectivity index (χ4n) is 4.12. The maximum Gasteiger partial charge on any atom is 0.223 e. The summed E-state index contributed by atoms with van der Waals surface area (Å²) in [6.07, 6.45) is 12.9. The minimum atomic E-state index is 0.170. The second-order valence-corrected chi connectivity index (χ2v) is 7.93. The van der Waals surface area contributed by atoms with Crippen LogP contribution < -0.4 is 5.32 Å². The average Bonchev–Trinajstić information content (AvgIpc) is 3.11. The van der Waals surface area contributed by atoms with Crippen molar-refractivity contribution < 1.29 is 4.79 Å². The molecule has 6 heteroatoms. The maximum absolute atomic E-state index is 12.4. The summed E-state index contributed by atoms with van der Waals surface area (Å²) in [4.78, 5) is 19.1. The van der Waals surface area contributed by atoms with Gasteiger partial charge in [-0.1, -0.05) is 12.2 Å². The Morgan fingerprint density at radius 1 is 1.25 bits per heavy atom. The third-order valence-corrected chi connectivity index (χ3v) is 5.89. The maximum atomic E-state index is 12.4. The highest BCUT2D eigenvalue weighted by molar-refractivity contribution is 5.79. The van der Waals surface area contributed by atoms with Crippen LogP contribution in [0.2, 0.25) is 0 Å². The first-order chi connectivity index (χ1) is 13.7. The van der Waals surface area contributed by atoms with Crippen LogP contribution in [-0.4, -0.2) is 44.7 Å². The fourth-order valence-corrected chi connectivity index (χ4v) is 4.12. The van der Waals surface area contributed by atoms with Crippen molar-refractivity contribution in [1.29, 1.82) is 0 Å². The van der Waals surface area contributed by atoms with E-state index in [0.29, 0.717) is 6.04 Å². The number of amides is 1. The van der Waals surface area contributed by atoms with Crippen molar-refractivity contribution in [3.05, 3.63) is 48.4 Å². The number of rotatable bonds is 5. The molecule has 1 aliphatic carbocycles. The second-order valence-electron chi connectivity index (χ2n) is 7.93. The lowest BCUT2D eigenvalue weighted by Gasteiger charge is -2.33. The van der Waals surface area contributed by atoms with Crippen LogP contribution in [0.1, 0.15) is 37.8 Å². The number of nitrogens with one attached hydrogen (secondary N) is 1. The van der Waals surface area contributed by atoms with E-state index in [1.54, 1.807) is 6.20 Å². The van der Waals surface area contributed by atoms with Gasteiger partial charge in [-0.05, 0) is 50.3 Å². The first-order valence-electron chi connectivity index (χ1n) is 10.3. The molecule has 2 aromatic heterocycles. The van der Waals surface area contributed by atoms with E-state index >= 15 is 0 Å². The van der Waals surface area contributed by atoms with E-state index in [1.165, 1.54) is 5.69 Å². The Labute approximate surface area is 166 Å². The van der Waals surface area contributed by atoms with Crippen molar-refractivity contribution in [2.24, 2.45) is 13.0 Å². The number of aryl methyl sites for hydroxylation is 1. The van der Waals surface area contributed by atoms with Crippen molar-refractivity contribution in [1.82, 2.24) is 25.0 Å². The molecular weight excluding hydrogens is 350 g/mol. The van der Waals surface area contributed by atoms with Gasteiger partial charge in [-0.2, -0.15) is 5.10 Å². The molecule has 1 aliphatic heterocycles. The number of piperidine rings is 1. The lowest BCUT2D eigenvalue weighted by molar-refractivity contribution is -0.126. The molecule has 0 radical (unpaired) electrons. The van der Waals surface area contributed by atoms with Crippen molar-refractivity contribution >= 4 is 5.91 Å². The molecule has 1 saturated heterocycles. The van der Waals surface area contributed by atoms with E-state index < -0.39 is 0 Å². The van der Waals surface area contributed by atoms with Gasteiger partial charge in [0.2, 0.25) is 5.91 Å². The lowest BCUT2D eigenvalue weighted by atomic mass is 9.93. The molecule has 2 aliphatic rings. The van der Waals surface area contributed by atoms with Gasteiger partial charge >= 0.3 is 0 Å². The van der Waals surface area contributed by atoms with Crippen LogP contribution in [0.25, 0.3) is 11.3 Å². The Kier molecular flexibility index (Phi) is 5.86. The number of hydrogen-bond acceptors (Lipinski definition) is 4. The van der Waals surface area contributed by atoms with Crippen molar-refractivity contribution in [2.75, 3.05) is 13.1 Å². The van der Waals surface area contributed by atoms with Crippen molar-refractivity contribution in [3.63, 3.8) is 0 Å². The second kappa shape index (κ2) is 8.69. The van der Waals surface area contributed by atoms with E-state index in [4.69, 9.17) is 0 Å². The highest BCUT2D eigenvalue weighted by atomic mass is 16.1. The fraction of sp³-hybridized carbons (Fsp3) is 0.500. The molecule has 0 aromatic carbocycles. The first kappa shape index (κ1) is 18.9. The average molecular weight is 380 g/mol. The van der Waals surface area contributed by atoms with Gasteiger partial charge in [0.15, 0.2) is 0 Å². The third-order valence-electron chi connectivity index (χ3n) is 5.89. The van der Waals surface area contributed by atoms with Crippen molar-refractivity contribution in [3.8, 4) is 11.3 Å². The van der Waals surface area contributed by atoms with Gasteiger partial charge in [0, 0.05) is 56.6 Å². The lowest BCUT2D eigenvalue weighted by Crippen LogP contribution is -2.46. The number of allylic oxidation sites excluding steroid dienone is 2. The van der Waals surface area contributed by atoms with Gasteiger partial charge in [0.1, 0.15) is 0 Å². The Bertz CT molecular complexity index is 821. The quantitative estimate of drug-likeness (QED) is 0.812. The van der Waals surface area contributed by atoms with Crippen LogP contribution in [0.15, 0.2) is 42.7 Å². The molecule has 6 nitrogen and oxygen atoms in total. The van der Waals surface area contributed by atoms with Crippen LogP contribution in [0, 0.1) is 5.92 Å². The number of likely N-dealkylation sites (tertiary alicyclic amines) is 1. The molecule has 28 heavy (non-hydrogen) atoms. The molecule has 3 heterocycles. The summed E-state index contributed by atoms with van der Waals surface area (Å²) in [5.41, 5.74) is 3.22. The summed E-state index contributed by atoms with van der Waals surface area (Å²) in [6, 6.07) is 6.44. The highest BCUT2D eigenvalue weighted by Crippen LogP contribution is 2.21. The molecule has 148 valence electrons. The minimum Gasteiger partial charge on any atom is -0.353 e. The Hall–Kier alpha value is -2.47. The molecule has 1 atom stereocenters. The molecule has 1 amide bonds. The number of aromatic nitrogens is 3. The molecule has 4 rings (SSSR count). The zero-order valence-electron chi connectivity index (χ0n) is 16.6. The summed E-state index contributed by atoms with van der Waals surface area (Å²) in [6.45, 7) is 2.89. The molecule has 0 bridgehead atoms. The molecule has 1 fully saturated rings. The zero-order chi connectivity index (χ0) is 19.3. The van der Waals surface area contributed by atoms with Gasteiger partial charge in [-0.3, -0.25) is 19.4 Å². The summed E-state index contributed by atoms with van der Waals surface area (Å²) >= 11 is 0. The van der Waals surface area contributed by atoms with E-state index in [1.807, 2.05) is 30.1 Å². The zero-order valence-corrected chi connectivity index (χ0v) is 16.6. The number of hydrogen-bond donors (Lipinski definition) is 1. The van der Waals surface area contributed by atoms with E-state index in [-0.39, 0.29) is 11.8 Å². The van der Waals surface area contributed by atoms with E-state index in [9.17, 15) is 4.79 Å². The van der Waals surface area contributed by atoms with Crippen LogP contribution in [-0.2, 0) is 18.4 Å². The molecule has 1 N–H and O–H groups in total. The molecule has 0 unspecified atom stereocenters. The summed E-state index contributed by atoms with van der Waals surface area (Å²) in [5.74, 6) is 0.416. The molecule has 0 spiro atoms. The predicted octanol–water partition coefficient (Wildman–Crippen LogP) is 2.92. The minimum absolute atomic E-state index is 0.170. The Morgan fingerprint density at radius 2 is 2.11 bits per heavy atom. The topological polar surface area (TPSA) is 63.1 Å². The first-order valence-corrected chi connectivity index (χ1v) is 10.3. The predicted molar refractivity (Wildman–Crippen MR) is 109 cm³/mol. The summed E-state index contributed by atoms with van der Waals surface area (Å²) < 4.78 is 1.97. The SMILES string of the molecule is Cn1nc(-c2cccnc2)cc1CN1CCC(NC(=O)[C@@H]2CC=CCC2)CC1. The van der Waals surface area contributed by atoms with Gasteiger partial charge in [-0.15, -0.1) is 0 Å². The van der Waals surface area contributed by atoms with Crippen LogP contribution >= 0.6 is 0 Å². The van der Waals surface area contributed by atoms with Crippen LogP contribution in [0.4, 0.5) is 0 Å². The monoisotopic (exact) mass is 379 g/mol. The largest absolute Gasteiger partial charge is 0.353 e. The third kappa shape index (κ3) is 4.50. The number of nitrogens with zero attached hydrogens (tertiary/aromatic N) is 4. The number of carbonyl (C=O) groups excluding carboxylic acids is 1. The summed E-state index contributed by atoms with van der Waals surface area (Å²) in [5, 5.41) is 7.93. The van der Waals surface area contributed by atoms with Gasteiger partial charge in [0.05, 0.1) is 11.4 Å². The molecular formula is C22H29N5O. The van der Waals surface area contributed by atoms with E-state index in [0.717, 1.165) is 63.0 Å². The highest BCUT2D eigenvalue weighted by Gasteiger charge is 2.25. The van der Waals surface area contributed by atoms with Crippen LogP contribution in [0.3, 0.4) is 0 Å². The Balaban J connectivity index is 1.28. The van der Waals surface area contributed by atoms with Gasteiger partial charge < -0.3 is 5.32 Å². The molecule has 0 saturated carbocycles. The van der Waals surface area contributed by atoms with Crippen molar-refractivity contribution in [2.45, 2.75) is 44.7 Å². The number of carbonyl (C=O) groups is 1. The number of pyridine rings is 1. The van der Waals surface area contributed by atoms with Gasteiger partial charge in [-0.25, -0.2) is 0 Å². The molecule has 2 aromatic rings. The smallest absolute Gasteiger partial charge is 0.223 e. The van der Waals surface area contributed by atoms with Gasteiger partial charge in [0.25, 0.3) is 0 Å².